The predicted octanol–water partition coefficient (Wildman–Crippen LogP) is 2.34. The van der Waals surface area contributed by atoms with Gasteiger partial charge in [0.25, 0.3) is 0 Å². The van der Waals surface area contributed by atoms with E-state index in [1.165, 1.54) is 0 Å². The average molecular weight is 208 g/mol. The highest BCUT2D eigenvalue weighted by Gasteiger charge is 1.95. The maximum atomic E-state index is 5.11. The first-order valence-corrected chi connectivity index (χ1v) is 4.22. The van der Waals surface area contributed by atoms with Gasteiger partial charge >= 0.3 is 0 Å². The van der Waals surface area contributed by atoms with Crippen LogP contribution in [0, 0.1) is 12.3 Å². The standard InChI is InChI=1S/C12H13N.ClH/c1-3-9-13-10-11(2)12-7-5-4-6-8-12;/h1,4-8,13H,2,9-10H2;1H. The molecule has 14 heavy (non-hydrogen) atoms. The van der Waals surface area contributed by atoms with Crippen molar-refractivity contribution in [3.63, 3.8) is 0 Å². The van der Waals surface area contributed by atoms with E-state index in [4.69, 9.17) is 6.42 Å². The Morgan fingerprint density at radius 2 is 2.00 bits per heavy atom. The van der Waals surface area contributed by atoms with Gasteiger partial charge < -0.3 is 5.32 Å². The molecule has 0 fully saturated rings. The molecule has 1 nitrogen and oxygen atoms in total. The molecule has 0 unspecified atom stereocenters. The first kappa shape index (κ1) is 12.8. The van der Waals surface area contributed by atoms with Crippen LogP contribution < -0.4 is 5.32 Å². The molecule has 0 atom stereocenters. The summed E-state index contributed by atoms with van der Waals surface area (Å²) in [5.41, 5.74) is 2.22. The number of terminal acetylenes is 1. The second-order valence-corrected chi connectivity index (χ2v) is 2.78. The molecule has 0 heterocycles. The molecule has 0 saturated carbocycles. The van der Waals surface area contributed by atoms with Gasteiger partial charge in [-0.15, -0.1) is 18.8 Å². The first-order valence-electron chi connectivity index (χ1n) is 4.22. The second kappa shape index (κ2) is 7.20. The van der Waals surface area contributed by atoms with Crippen LogP contribution in [0.25, 0.3) is 5.57 Å². The van der Waals surface area contributed by atoms with Crippen molar-refractivity contribution in [2.45, 2.75) is 0 Å². The average Bonchev–Trinajstić information content (AvgIpc) is 2.19. The lowest BCUT2D eigenvalue weighted by Crippen LogP contribution is -2.16. The topological polar surface area (TPSA) is 12.0 Å². The lowest BCUT2D eigenvalue weighted by molar-refractivity contribution is 0.868. The Morgan fingerprint density at radius 3 is 2.57 bits per heavy atom. The van der Waals surface area contributed by atoms with E-state index in [0.29, 0.717) is 6.54 Å². The molecule has 74 valence electrons. The Morgan fingerprint density at radius 1 is 1.36 bits per heavy atom. The van der Waals surface area contributed by atoms with Crippen LogP contribution in [-0.4, -0.2) is 13.1 Å². The quantitative estimate of drug-likeness (QED) is 0.591. The van der Waals surface area contributed by atoms with E-state index in [1.807, 2.05) is 30.3 Å². The van der Waals surface area contributed by atoms with Gasteiger partial charge in [0.2, 0.25) is 0 Å². The monoisotopic (exact) mass is 207 g/mol. The smallest absolute Gasteiger partial charge is 0.0576 e. The van der Waals surface area contributed by atoms with Crippen LogP contribution in [0.4, 0.5) is 0 Å². The molecular formula is C12H14ClN. The van der Waals surface area contributed by atoms with Crippen molar-refractivity contribution in [2.24, 2.45) is 0 Å². The fourth-order valence-electron chi connectivity index (χ4n) is 1.06. The Balaban J connectivity index is 0.00000169. The van der Waals surface area contributed by atoms with Gasteiger partial charge in [-0.05, 0) is 11.1 Å². The van der Waals surface area contributed by atoms with Crippen LogP contribution in [-0.2, 0) is 0 Å². The van der Waals surface area contributed by atoms with Gasteiger partial charge in [-0.1, -0.05) is 42.8 Å². The number of rotatable bonds is 4. The van der Waals surface area contributed by atoms with Gasteiger partial charge in [-0.3, -0.25) is 0 Å². The predicted molar refractivity (Wildman–Crippen MR) is 64.4 cm³/mol. The summed E-state index contributed by atoms with van der Waals surface area (Å²) in [5, 5.41) is 3.10. The molecule has 1 N–H and O–H groups in total. The molecule has 0 aromatic heterocycles. The van der Waals surface area contributed by atoms with E-state index in [9.17, 15) is 0 Å². The summed E-state index contributed by atoms with van der Waals surface area (Å²) in [6.45, 7) is 5.30. The van der Waals surface area contributed by atoms with Gasteiger partial charge in [0.1, 0.15) is 0 Å². The third-order valence-electron chi connectivity index (χ3n) is 1.75. The van der Waals surface area contributed by atoms with Gasteiger partial charge in [0.15, 0.2) is 0 Å². The van der Waals surface area contributed by atoms with Crippen molar-refractivity contribution in [1.29, 1.82) is 0 Å². The summed E-state index contributed by atoms with van der Waals surface area (Å²) in [6.07, 6.45) is 5.11. The summed E-state index contributed by atoms with van der Waals surface area (Å²) >= 11 is 0. The molecule has 2 heteroatoms. The van der Waals surface area contributed by atoms with Crippen LogP contribution in [0.3, 0.4) is 0 Å². The minimum absolute atomic E-state index is 0. The Kier molecular flexibility index (Phi) is 6.57. The van der Waals surface area contributed by atoms with Crippen LogP contribution in [0.5, 0.6) is 0 Å². The summed E-state index contributed by atoms with van der Waals surface area (Å²) in [6, 6.07) is 10.1. The Labute approximate surface area is 91.6 Å². The Bertz CT molecular complexity index is 311. The van der Waals surface area contributed by atoms with Gasteiger partial charge in [-0.2, -0.15) is 0 Å². The van der Waals surface area contributed by atoms with Crippen molar-refractivity contribution >= 4 is 18.0 Å². The molecule has 1 rings (SSSR count). The van der Waals surface area contributed by atoms with Gasteiger partial charge in [-0.25, -0.2) is 0 Å². The minimum atomic E-state index is 0. The highest BCUT2D eigenvalue weighted by molar-refractivity contribution is 5.85. The molecule has 1 aromatic rings. The zero-order valence-electron chi connectivity index (χ0n) is 7.99. The first-order chi connectivity index (χ1) is 6.34. The van der Waals surface area contributed by atoms with Crippen LogP contribution in [0.15, 0.2) is 36.9 Å². The fraction of sp³-hybridized carbons (Fsp3) is 0.167. The molecule has 0 bridgehead atoms. The van der Waals surface area contributed by atoms with E-state index < -0.39 is 0 Å². The minimum Gasteiger partial charge on any atom is -0.302 e. The Hall–Kier alpha value is -1.23. The van der Waals surface area contributed by atoms with Crippen molar-refractivity contribution < 1.29 is 0 Å². The normalized spacial score (nSPS) is 8.50. The fourth-order valence-corrected chi connectivity index (χ4v) is 1.06. The van der Waals surface area contributed by atoms with E-state index in [0.717, 1.165) is 17.7 Å². The van der Waals surface area contributed by atoms with Crippen LogP contribution in [0.2, 0.25) is 0 Å². The van der Waals surface area contributed by atoms with Crippen molar-refractivity contribution in [3.05, 3.63) is 42.5 Å². The molecular weight excluding hydrogens is 194 g/mol. The molecule has 0 amide bonds. The van der Waals surface area contributed by atoms with E-state index in [-0.39, 0.29) is 12.4 Å². The molecule has 0 aliphatic heterocycles. The summed E-state index contributed by atoms with van der Waals surface area (Å²) < 4.78 is 0. The lowest BCUT2D eigenvalue weighted by atomic mass is 10.1. The number of nitrogens with one attached hydrogen (secondary N) is 1. The molecule has 0 aliphatic rings. The number of benzene rings is 1. The lowest BCUT2D eigenvalue weighted by Gasteiger charge is -2.04. The van der Waals surface area contributed by atoms with Crippen LogP contribution >= 0.6 is 12.4 Å². The van der Waals surface area contributed by atoms with Crippen LogP contribution in [0.1, 0.15) is 5.56 Å². The highest BCUT2D eigenvalue weighted by atomic mass is 35.5. The molecule has 1 aromatic carbocycles. The number of hydrogen-bond acceptors (Lipinski definition) is 1. The summed E-state index contributed by atoms with van der Waals surface area (Å²) in [7, 11) is 0. The van der Waals surface area contributed by atoms with Gasteiger partial charge in [0.05, 0.1) is 6.54 Å². The van der Waals surface area contributed by atoms with E-state index >= 15 is 0 Å². The molecule has 0 aliphatic carbocycles. The molecule has 0 spiro atoms. The van der Waals surface area contributed by atoms with Crippen molar-refractivity contribution in [1.82, 2.24) is 5.32 Å². The van der Waals surface area contributed by atoms with Crippen molar-refractivity contribution in [3.8, 4) is 12.3 Å². The number of hydrogen-bond donors (Lipinski definition) is 1. The third kappa shape index (κ3) is 4.13. The second-order valence-electron chi connectivity index (χ2n) is 2.78. The van der Waals surface area contributed by atoms with Crippen molar-refractivity contribution in [2.75, 3.05) is 13.1 Å². The molecule has 0 saturated heterocycles. The van der Waals surface area contributed by atoms with E-state index in [2.05, 4.69) is 17.8 Å². The maximum absolute atomic E-state index is 5.11. The highest BCUT2D eigenvalue weighted by Crippen LogP contribution is 2.09. The van der Waals surface area contributed by atoms with Gasteiger partial charge in [0, 0.05) is 6.54 Å². The zero-order chi connectivity index (χ0) is 9.52. The zero-order valence-corrected chi connectivity index (χ0v) is 8.81. The number of halogens is 1. The maximum Gasteiger partial charge on any atom is 0.0576 e. The summed E-state index contributed by atoms with van der Waals surface area (Å²) in [5.74, 6) is 2.52. The SMILES string of the molecule is C#CCNCC(=C)c1ccccc1.Cl. The largest absolute Gasteiger partial charge is 0.302 e. The third-order valence-corrected chi connectivity index (χ3v) is 1.75. The van der Waals surface area contributed by atoms with E-state index in [1.54, 1.807) is 0 Å². The summed E-state index contributed by atoms with van der Waals surface area (Å²) in [4.78, 5) is 0. The molecule has 0 radical (unpaired) electrons.